The van der Waals surface area contributed by atoms with Gasteiger partial charge in [-0.3, -0.25) is 0 Å². The highest BCUT2D eigenvalue weighted by Gasteiger charge is 2.14. The minimum absolute atomic E-state index is 0.0951. The van der Waals surface area contributed by atoms with Gasteiger partial charge in [-0.15, -0.1) is 0 Å². The summed E-state index contributed by atoms with van der Waals surface area (Å²) in [6, 6.07) is 10.1. The van der Waals surface area contributed by atoms with Crippen LogP contribution < -0.4 is 11.1 Å². The molecule has 3 N–H and O–H groups in total. The molecule has 2 aromatic rings. The fourth-order valence-electron chi connectivity index (χ4n) is 1.79. The summed E-state index contributed by atoms with van der Waals surface area (Å²) < 4.78 is 26.9. The smallest absolute Gasteiger partial charge is 0.265 e. The van der Waals surface area contributed by atoms with Crippen molar-refractivity contribution < 1.29 is 8.78 Å². The molecule has 0 aliphatic rings. The predicted octanol–water partition coefficient (Wildman–Crippen LogP) is 5.02. The van der Waals surface area contributed by atoms with E-state index in [0.717, 1.165) is 15.7 Å². The first-order valence-electron chi connectivity index (χ1n) is 5.68. The molecule has 2 nitrogen and oxygen atoms in total. The number of alkyl halides is 2. The number of rotatable bonds is 3. The lowest BCUT2D eigenvalue weighted by Gasteiger charge is -2.14. The van der Waals surface area contributed by atoms with Gasteiger partial charge in [0.15, 0.2) is 0 Å². The molecule has 0 aliphatic carbocycles. The quantitative estimate of drug-likeness (QED) is 0.777. The number of hydrogen-bond acceptors (Lipinski definition) is 2. The van der Waals surface area contributed by atoms with Crippen molar-refractivity contribution in [3.8, 4) is 0 Å². The van der Waals surface area contributed by atoms with E-state index < -0.39 is 6.43 Å². The van der Waals surface area contributed by atoms with Crippen LogP contribution in [-0.2, 0) is 0 Å². The molecule has 0 spiro atoms. The second kappa shape index (κ2) is 5.57. The molecule has 100 valence electrons. The first kappa shape index (κ1) is 13.8. The zero-order valence-corrected chi connectivity index (χ0v) is 11.8. The summed E-state index contributed by atoms with van der Waals surface area (Å²) in [4.78, 5) is 0. The van der Waals surface area contributed by atoms with Gasteiger partial charge in [0.1, 0.15) is 0 Å². The van der Waals surface area contributed by atoms with Gasteiger partial charge in [-0.05, 0) is 48.9 Å². The largest absolute Gasteiger partial charge is 0.399 e. The van der Waals surface area contributed by atoms with Crippen molar-refractivity contribution in [2.75, 3.05) is 11.1 Å². The summed E-state index contributed by atoms with van der Waals surface area (Å²) in [5.41, 5.74) is 7.89. The van der Waals surface area contributed by atoms with Crippen LogP contribution in [0, 0.1) is 6.92 Å². The van der Waals surface area contributed by atoms with Crippen molar-refractivity contribution in [2.45, 2.75) is 13.3 Å². The SMILES string of the molecule is Cc1cc(Br)ccc1Nc1ccc(N)cc1C(F)F. The first-order valence-corrected chi connectivity index (χ1v) is 6.47. The number of hydrogen-bond donors (Lipinski definition) is 2. The molecular formula is C14H13BrF2N2. The van der Waals surface area contributed by atoms with Crippen molar-refractivity contribution in [2.24, 2.45) is 0 Å². The molecule has 0 aliphatic heterocycles. The molecule has 0 saturated heterocycles. The lowest BCUT2D eigenvalue weighted by atomic mass is 10.1. The third kappa shape index (κ3) is 3.23. The van der Waals surface area contributed by atoms with Crippen LogP contribution in [0.1, 0.15) is 17.6 Å². The fourth-order valence-corrected chi connectivity index (χ4v) is 2.26. The summed E-state index contributed by atoms with van der Waals surface area (Å²) in [5.74, 6) is 0. The van der Waals surface area contributed by atoms with Crippen LogP contribution in [0.25, 0.3) is 0 Å². The fraction of sp³-hybridized carbons (Fsp3) is 0.143. The van der Waals surface area contributed by atoms with Crippen LogP contribution in [0.2, 0.25) is 0 Å². The zero-order valence-electron chi connectivity index (χ0n) is 10.3. The van der Waals surface area contributed by atoms with Gasteiger partial charge in [0.2, 0.25) is 0 Å². The summed E-state index contributed by atoms with van der Waals surface area (Å²) >= 11 is 3.36. The molecule has 0 amide bonds. The Morgan fingerprint density at radius 3 is 2.42 bits per heavy atom. The molecule has 0 aromatic heterocycles. The molecule has 0 fully saturated rings. The molecule has 19 heavy (non-hydrogen) atoms. The van der Waals surface area contributed by atoms with E-state index in [1.165, 1.54) is 6.07 Å². The zero-order chi connectivity index (χ0) is 14.0. The van der Waals surface area contributed by atoms with Crippen LogP contribution in [0.4, 0.5) is 25.8 Å². The molecule has 0 bridgehead atoms. The Balaban J connectivity index is 2.38. The van der Waals surface area contributed by atoms with E-state index in [9.17, 15) is 8.78 Å². The highest BCUT2D eigenvalue weighted by molar-refractivity contribution is 9.10. The maximum atomic E-state index is 13.0. The van der Waals surface area contributed by atoms with Crippen molar-refractivity contribution >= 4 is 33.0 Å². The van der Waals surface area contributed by atoms with Gasteiger partial charge < -0.3 is 11.1 Å². The van der Waals surface area contributed by atoms with Crippen molar-refractivity contribution in [3.05, 3.63) is 52.0 Å². The van der Waals surface area contributed by atoms with Crippen molar-refractivity contribution in [3.63, 3.8) is 0 Å². The average molecular weight is 327 g/mol. The van der Waals surface area contributed by atoms with Gasteiger partial charge in [0.25, 0.3) is 6.43 Å². The van der Waals surface area contributed by atoms with Crippen LogP contribution >= 0.6 is 15.9 Å². The minimum Gasteiger partial charge on any atom is -0.399 e. The van der Waals surface area contributed by atoms with Gasteiger partial charge in [-0.25, -0.2) is 8.78 Å². The topological polar surface area (TPSA) is 38.0 Å². The normalized spacial score (nSPS) is 10.8. The molecule has 0 saturated carbocycles. The maximum Gasteiger partial charge on any atom is 0.265 e. The van der Waals surface area contributed by atoms with Gasteiger partial charge in [0, 0.05) is 27.1 Å². The lowest BCUT2D eigenvalue weighted by molar-refractivity contribution is 0.152. The molecule has 0 heterocycles. The molecular weight excluding hydrogens is 314 g/mol. The summed E-state index contributed by atoms with van der Waals surface area (Å²) in [6.07, 6.45) is -2.57. The van der Waals surface area contributed by atoms with E-state index in [2.05, 4.69) is 21.2 Å². The van der Waals surface area contributed by atoms with E-state index in [1.807, 2.05) is 25.1 Å². The van der Waals surface area contributed by atoms with E-state index in [0.29, 0.717) is 11.4 Å². The number of anilines is 3. The molecule has 0 radical (unpaired) electrons. The van der Waals surface area contributed by atoms with Gasteiger partial charge in [-0.1, -0.05) is 15.9 Å². The van der Waals surface area contributed by atoms with Crippen LogP contribution in [-0.4, -0.2) is 0 Å². The number of nitrogen functional groups attached to an aromatic ring is 1. The van der Waals surface area contributed by atoms with Crippen molar-refractivity contribution in [1.29, 1.82) is 0 Å². The third-order valence-corrected chi connectivity index (χ3v) is 3.26. The minimum atomic E-state index is -2.57. The Hall–Kier alpha value is -1.62. The van der Waals surface area contributed by atoms with E-state index >= 15 is 0 Å². The maximum absolute atomic E-state index is 13.0. The van der Waals surface area contributed by atoms with Gasteiger partial charge in [-0.2, -0.15) is 0 Å². The van der Waals surface area contributed by atoms with E-state index in [4.69, 9.17) is 5.73 Å². The summed E-state index contributed by atoms with van der Waals surface area (Å²) in [5, 5.41) is 3.02. The summed E-state index contributed by atoms with van der Waals surface area (Å²) in [6.45, 7) is 1.91. The second-order valence-corrected chi connectivity index (χ2v) is 5.15. The Labute approximate surface area is 118 Å². The molecule has 2 rings (SSSR count). The van der Waals surface area contributed by atoms with Crippen LogP contribution in [0.15, 0.2) is 40.9 Å². The number of benzene rings is 2. The Morgan fingerprint density at radius 2 is 1.79 bits per heavy atom. The van der Waals surface area contributed by atoms with E-state index in [-0.39, 0.29) is 5.56 Å². The monoisotopic (exact) mass is 326 g/mol. The van der Waals surface area contributed by atoms with Crippen LogP contribution in [0.3, 0.4) is 0 Å². The molecule has 2 aromatic carbocycles. The molecule has 0 unspecified atom stereocenters. The van der Waals surface area contributed by atoms with Gasteiger partial charge >= 0.3 is 0 Å². The van der Waals surface area contributed by atoms with E-state index in [1.54, 1.807) is 12.1 Å². The summed E-state index contributed by atoms with van der Waals surface area (Å²) in [7, 11) is 0. The Kier molecular flexibility index (Phi) is 4.04. The van der Waals surface area contributed by atoms with Gasteiger partial charge in [0.05, 0.1) is 0 Å². The van der Waals surface area contributed by atoms with Crippen molar-refractivity contribution in [1.82, 2.24) is 0 Å². The lowest BCUT2D eigenvalue weighted by Crippen LogP contribution is -1.99. The predicted molar refractivity (Wildman–Crippen MR) is 78.0 cm³/mol. The second-order valence-electron chi connectivity index (χ2n) is 4.23. The number of aryl methyl sites for hydroxylation is 1. The third-order valence-electron chi connectivity index (χ3n) is 2.77. The van der Waals surface area contributed by atoms with Crippen LogP contribution in [0.5, 0.6) is 0 Å². The number of halogens is 3. The highest BCUT2D eigenvalue weighted by atomic mass is 79.9. The molecule has 5 heteroatoms. The Morgan fingerprint density at radius 1 is 1.11 bits per heavy atom. The Bertz CT molecular complexity index is 600. The average Bonchev–Trinajstić information content (AvgIpc) is 2.34. The standard InChI is InChI=1S/C14H13BrF2N2/c1-8-6-9(15)2-4-12(8)19-13-5-3-10(18)7-11(13)14(16)17/h2-7,14,19H,18H2,1H3. The number of nitrogens with two attached hydrogens (primary N) is 1. The highest BCUT2D eigenvalue weighted by Crippen LogP contribution is 2.32. The molecule has 0 atom stereocenters. The number of nitrogens with one attached hydrogen (secondary N) is 1. The first-order chi connectivity index (χ1) is 8.97.